The minimum atomic E-state index is -0.350. The van der Waals surface area contributed by atoms with Crippen LogP contribution in [0.4, 0.5) is 4.79 Å². The molecule has 0 radical (unpaired) electrons. The normalized spacial score (nSPS) is 15.8. The van der Waals surface area contributed by atoms with Crippen LogP contribution in [-0.2, 0) is 11.3 Å². The molecule has 8 heteroatoms. The first-order valence-corrected chi connectivity index (χ1v) is 9.17. The monoisotopic (exact) mass is 353 g/mol. The molecule has 134 valence electrons. The van der Waals surface area contributed by atoms with Gasteiger partial charge in [-0.25, -0.2) is 9.78 Å². The van der Waals surface area contributed by atoms with E-state index in [9.17, 15) is 4.79 Å². The van der Waals surface area contributed by atoms with E-state index in [1.54, 1.807) is 25.3 Å². The van der Waals surface area contributed by atoms with Crippen molar-refractivity contribution in [3.8, 4) is 0 Å². The Kier molecular flexibility index (Phi) is 6.84. The molecular weight excluding hydrogens is 326 g/mol. The number of amides is 1. The summed E-state index contributed by atoms with van der Waals surface area (Å²) in [6.07, 6.45) is 1.94. The van der Waals surface area contributed by atoms with Gasteiger partial charge in [-0.3, -0.25) is 4.99 Å². The number of thiazole rings is 1. The van der Waals surface area contributed by atoms with E-state index in [4.69, 9.17) is 4.74 Å². The van der Waals surface area contributed by atoms with Crippen molar-refractivity contribution in [1.29, 1.82) is 0 Å². The van der Waals surface area contributed by atoms with Crippen molar-refractivity contribution in [3.05, 3.63) is 16.1 Å². The van der Waals surface area contributed by atoms with Gasteiger partial charge in [0.1, 0.15) is 0 Å². The number of aromatic nitrogens is 1. The van der Waals surface area contributed by atoms with Gasteiger partial charge in [-0.2, -0.15) is 0 Å². The van der Waals surface area contributed by atoms with Crippen LogP contribution in [0.3, 0.4) is 0 Å². The number of ether oxygens (including phenoxy) is 1. The molecule has 1 fully saturated rings. The zero-order valence-electron chi connectivity index (χ0n) is 14.8. The number of guanidine groups is 1. The maximum Gasteiger partial charge on any atom is 0.407 e. The fourth-order valence-electron chi connectivity index (χ4n) is 2.54. The summed E-state index contributed by atoms with van der Waals surface area (Å²) < 4.78 is 4.99. The summed E-state index contributed by atoms with van der Waals surface area (Å²) in [5.41, 5.74) is 1.03. The third-order valence-electron chi connectivity index (χ3n) is 3.89. The van der Waals surface area contributed by atoms with Gasteiger partial charge in [0, 0.05) is 26.0 Å². The van der Waals surface area contributed by atoms with E-state index in [-0.39, 0.29) is 12.1 Å². The van der Waals surface area contributed by atoms with Crippen LogP contribution in [-0.4, -0.2) is 55.2 Å². The Morgan fingerprint density at radius 2 is 2.33 bits per heavy atom. The zero-order chi connectivity index (χ0) is 17.5. The average Bonchev–Trinajstić information content (AvgIpc) is 3.30. The SMILES string of the molecule is CCOC(=O)NC(CNC(=NC)N(C)Cc1csc(C)n1)C1CC1. The number of hydrogen-bond acceptors (Lipinski definition) is 5. The van der Waals surface area contributed by atoms with E-state index in [1.165, 1.54) is 0 Å². The van der Waals surface area contributed by atoms with E-state index in [0.717, 1.165) is 29.5 Å². The van der Waals surface area contributed by atoms with Gasteiger partial charge in [0.2, 0.25) is 0 Å². The summed E-state index contributed by atoms with van der Waals surface area (Å²) in [5.74, 6) is 1.31. The van der Waals surface area contributed by atoms with Crippen molar-refractivity contribution in [2.24, 2.45) is 10.9 Å². The van der Waals surface area contributed by atoms with Crippen LogP contribution in [0.2, 0.25) is 0 Å². The summed E-state index contributed by atoms with van der Waals surface area (Å²) in [6, 6.07) is 0.0655. The van der Waals surface area contributed by atoms with Gasteiger partial charge in [0.25, 0.3) is 0 Å². The lowest BCUT2D eigenvalue weighted by molar-refractivity contribution is 0.146. The predicted octanol–water partition coefficient (Wildman–Crippen LogP) is 1.98. The van der Waals surface area contributed by atoms with Crippen molar-refractivity contribution < 1.29 is 9.53 Å². The van der Waals surface area contributed by atoms with Crippen molar-refractivity contribution >= 4 is 23.4 Å². The lowest BCUT2D eigenvalue weighted by Crippen LogP contribution is -2.48. The van der Waals surface area contributed by atoms with Crippen LogP contribution in [0, 0.1) is 12.8 Å². The fraction of sp³-hybridized carbons (Fsp3) is 0.688. The first-order chi connectivity index (χ1) is 11.5. The van der Waals surface area contributed by atoms with E-state index in [1.807, 2.05) is 18.9 Å². The first-order valence-electron chi connectivity index (χ1n) is 8.29. The molecule has 1 unspecified atom stereocenters. The van der Waals surface area contributed by atoms with Gasteiger partial charge in [-0.1, -0.05) is 0 Å². The number of carbonyl (C=O) groups excluding carboxylic acids is 1. The number of hydrogen-bond donors (Lipinski definition) is 2. The van der Waals surface area contributed by atoms with E-state index < -0.39 is 0 Å². The molecule has 0 aliphatic heterocycles. The zero-order valence-corrected chi connectivity index (χ0v) is 15.7. The predicted molar refractivity (Wildman–Crippen MR) is 96.3 cm³/mol. The number of nitrogens with zero attached hydrogens (tertiary/aromatic N) is 3. The highest BCUT2D eigenvalue weighted by Gasteiger charge is 2.32. The average molecular weight is 353 g/mol. The molecule has 0 spiro atoms. The molecule has 1 amide bonds. The molecule has 1 saturated carbocycles. The minimum Gasteiger partial charge on any atom is -0.450 e. The Bertz CT molecular complexity index is 571. The lowest BCUT2D eigenvalue weighted by atomic mass is 10.2. The molecule has 2 rings (SSSR count). The molecule has 1 aromatic heterocycles. The molecule has 0 saturated heterocycles. The van der Waals surface area contributed by atoms with Gasteiger partial charge < -0.3 is 20.3 Å². The fourth-order valence-corrected chi connectivity index (χ4v) is 3.15. The summed E-state index contributed by atoms with van der Waals surface area (Å²) in [5, 5.41) is 9.42. The summed E-state index contributed by atoms with van der Waals surface area (Å²) >= 11 is 1.65. The molecule has 1 atom stereocenters. The largest absolute Gasteiger partial charge is 0.450 e. The highest BCUT2D eigenvalue weighted by Crippen LogP contribution is 2.32. The Balaban J connectivity index is 1.85. The Labute approximate surface area is 147 Å². The van der Waals surface area contributed by atoms with Crippen LogP contribution in [0.15, 0.2) is 10.4 Å². The number of nitrogens with one attached hydrogen (secondary N) is 2. The van der Waals surface area contributed by atoms with Gasteiger partial charge in [0.15, 0.2) is 5.96 Å². The third kappa shape index (κ3) is 5.67. The number of rotatable bonds is 7. The second-order valence-electron chi connectivity index (χ2n) is 5.95. The molecule has 1 aliphatic carbocycles. The van der Waals surface area contributed by atoms with Crippen LogP contribution < -0.4 is 10.6 Å². The van der Waals surface area contributed by atoms with Crippen LogP contribution in [0.25, 0.3) is 0 Å². The maximum absolute atomic E-state index is 11.7. The summed E-state index contributed by atoms with van der Waals surface area (Å²) in [6.45, 7) is 5.53. The first kappa shape index (κ1) is 18.5. The molecule has 2 N–H and O–H groups in total. The maximum atomic E-state index is 11.7. The Hall–Kier alpha value is -1.83. The van der Waals surface area contributed by atoms with Crippen molar-refractivity contribution in [3.63, 3.8) is 0 Å². The second kappa shape index (κ2) is 8.86. The highest BCUT2D eigenvalue weighted by atomic mass is 32.1. The third-order valence-corrected chi connectivity index (χ3v) is 4.71. The Morgan fingerprint density at radius 1 is 1.58 bits per heavy atom. The summed E-state index contributed by atoms with van der Waals surface area (Å²) in [7, 11) is 3.74. The van der Waals surface area contributed by atoms with Crippen molar-refractivity contribution in [2.45, 2.75) is 39.3 Å². The highest BCUT2D eigenvalue weighted by molar-refractivity contribution is 7.09. The van der Waals surface area contributed by atoms with Crippen molar-refractivity contribution in [1.82, 2.24) is 20.5 Å². The van der Waals surface area contributed by atoms with E-state index in [0.29, 0.717) is 25.6 Å². The number of carbonyl (C=O) groups is 1. The van der Waals surface area contributed by atoms with Crippen molar-refractivity contribution in [2.75, 3.05) is 27.2 Å². The molecule has 0 aromatic carbocycles. The topological polar surface area (TPSA) is 78.8 Å². The standard InChI is InChI=1S/C16H27N5O2S/c1-5-23-16(22)20-14(12-6-7-12)8-18-15(17-3)21(4)9-13-10-24-11(2)19-13/h10,12,14H,5-9H2,1-4H3,(H,17,18)(H,20,22). The molecule has 24 heavy (non-hydrogen) atoms. The lowest BCUT2D eigenvalue weighted by Gasteiger charge is -2.24. The smallest absolute Gasteiger partial charge is 0.407 e. The molecule has 7 nitrogen and oxygen atoms in total. The molecule has 1 aliphatic rings. The number of alkyl carbamates (subject to hydrolysis) is 1. The molecule has 1 aromatic rings. The second-order valence-corrected chi connectivity index (χ2v) is 7.01. The van der Waals surface area contributed by atoms with Crippen LogP contribution in [0.5, 0.6) is 0 Å². The van der Waals surface area contributed by atoms with Gasteiger partial charge in [-0.15, -0.1) is 11.3 Å². The molecular formula is C16H27N5O2S. The molecule has 1 heterocycles. The van der Waals surface area contributed by atoms with E-state index in [2.05, 4.69) is 26.0 Å². The van der Waals surface area contributed by atoms with Crippen LogP contribution >= 0.6 is 11.3 Å². The van der Waals surface area contributed by atoms with Gasteiger partial charge >= 0.3 is 6.09 Å². The van der Waals surface area contributed by atoms with Crippen LogP contribution in [0.1, 0.15) is 30.5 Å². The quantitative estimate of drug-likeness (QED) is 0.579. The van der Waals surface area contributed by atoms with E-state index >= 15 is 0 Å². The number of aliphatic imine (C=N–C) groups is 1. The van der Waals surface area contributed by atoms with Gasteiger partial charge in [-0.05, 0) is 32.6 Å². The molecule has 0 bridgehead atoms. The number of aryl methyl sites for hydroxylation is 1. The minimum absolute atomic E-state index is 0.0655. The van der Waals surface area contributed by atoms with Gasteiger partial charge in [0.05, 0.1) is 29.9 Å². The Morgan fingerprint density at radius 3 is 2.88 bits per heavy atom. The summed E-state index contributed by atoms with van der Waals surface area (Å²) in [4.78, 5) is 22.5.